The van der Waals surface area contributed by atoms with Gasteiger partial charge in [0.05, 0.1) is 23.4 Å². The van der Waals surface area contributed by atoms with E-state index in [1.165, 1.54) is 18.9 Å². The molecule has 5 N–H and O–H groups in total. The molecule has 2 fully saturated rings. The number of carbonyl (C=O) groups is 4. The van der Waals surface area contributed by atoms with E-state index >= 15 is 0 Å². The third-order valence-corrected chi connectivity index (χ3v) is 5.91. The van der Waals surface area contributed by atoms with Gasteiger partial charge in [-0.3, -0.25) is 14.5 Å². The van der Waals surface area contributed by atoms with E-state index in [1.54, 1.807) is 4.90 Å². The molecule has 0 aromatic heterocycles. The van der Waals surface area contributed by atoms with E-state index in [1.807, 2.05) is 0 Å². The fraction of sp³-hybridized carbons (Fsp3) is 0.500. The normalized spacial score (nSPS) is 33.9. The molecule has 0 radical (unpaired) electrons. The van der Waals surface area contributed by atoms with Crippen molar-refractivity contribution in [2.75, 3.05) is 20.3 Å². The second-order valence-electron chi connectivity index (χ2n) is 6.91. The Bertz CT molecular complexity index is 878. The van der Waals surface area contributed by atoms with Crippen LogP contribution in [0.15, 0.2) is 22.5 Å². The Kier molecular flexibility index (Phi) is 3.35. The highest BCUT2D eigenvalue weighted by Gasteiger charge is 2.77. The molecule has 4 rings (SSSR count). The second-order valence-corrected chi connectivity index (χ2v) is 6.91. The van der Waals surface area contributed by atoms with Gasteiger partial charge in [0.2, 0.25) is 11.6 Å². The van der Waals surface area contributed by atoms with Crippen molar-refractivity contribution in [3.8, 4) is 0 Å². The first-order valence-electron chi connectivity index (χ1n) is 8.24. The van der Waals surface area contributed by atoms with Gasteiger partial charge in [0.25, 0.3) is 0 Å². The van der Waals surface area contributed by atoms with Crippen LogP contribution in [0.1, 0.15) is 6.92 Å². The number of ether oxygens (including phenoxy) is 2. The number of piperazine rings is 1. The summed E-state index contributed by atoms with van der Waals surface area (Å²) in [5, 5.41) is 9.41. The van der Waals surface area contributed by atoms with Gasteiger partial charge >= 0.3 is 12.2 Å². The maximum absolute atomic E-state index is 12.9. The third kappa shape index (κ3) is 1.89. The molecule has 0 spiro atoms. The van der Waals surface area contributed by atoms with E-state index in [9.17, 15) is 24.3 Å². The van der Waals surface area contributed by atoms with Crippen molar-refractivity contribution in [3.63, 3.8) is 0 Å². The number of nitrogens with two attached hydrogens (primary N) is 2. The summed E-state index contributed by atoms with van der Waals surface area (Å²) >= 11 is 0. The van der Waals surface area contributed by atoms with Gasteiger partial charge in [-0.1, -0.05) is 0 Å². The van der Waals surface area contributed by atoms with Crippen LogP contribution in [0, 0.1) is 5.92 Å². The zero-order chi connectivity index (χ0) is 19.8. The minimum absolute atomic E-state index is 0.0712. The number of hydrogen-bond acceptors (Lipinski definition) is 8. The van der Waals surface area contributed by atoms with Gasteiger partial charge in [-0.15, -0.1) is 0 Å². The van der Waals surface area contributed by atoms with Crippen molar-refractivity contribution in [1.82, 2.24) is 9.80 Å². The molecular weight excluding hydrogens is 360 g/mol. The quantitative estimate of drug-likeness (QED) is 0.401. The summed E-state index contributed by atoms with van der Waals surface area (Å²) in [5.74, 6) is -1.88. The summed E-state index contributed by atoms with van der Waals surface area (Å²) < 4.78 is 10.7. The van der Waals surface area contributed by atoms with Crippen LogP contribution in [0.3, 0.4) is 0 Å². The SMILES string of the molecule is CO[C@@]12[C@H](COC(N)=O)C3=C(C(=O)C(C)=C(N)C3=O)N1C[C@H]1[C@@H]2N1C(=O)O. The number of amides is 2. The molecule has 3 heterocycles. The molecule has 11 nitrogen and oxygen atoms in total. The van der Waals surface area contributed by atoms with Crippen molar-refractivity contribution in [3.05, 3.63) is 22.5 Å². The summed E-state index contributed by atoms with van der Waals surface area (Å²) in [6.45, 7) is 1.30. The molecule has 4 atom stereocenters. The second kappa shape index (κ2) is 5.22. The number of rotatable bonds is 3. The van der Waals surface area contributed by atoms with Gasteiger partial charge in [0.15, 0.2) is 5.72 Å². The number of fused-ring (bicyclic) bond motifs is 4. The zero-order valence-electron chi connectivity index (χ0n) is 14.6. The molecular formula is C16H18N4O7. The average molecular weight is 378 g/mol. The molecule has 0 bridgehead atoms. The van der Waals surface area contributed by atoms with Crippen molar-refractivity contribution in [2.24, 2.45) is 17.4 Å². The lowest BCUT2D eigenvalue weighted by molar-refractivity contribution is -0.143. The van der Waals surface area contributed by atoms with Crippen molar-refractivity contribution in [2.45, 2.75) is 24.7 Å². The van der Waals surface area contributed by atoms with Crippen LogP contribution in [0.5, 0.6) is 0 Å². The van der Waals surface area contributed by atoms with Crippen LogP contribution in [0.25, 0.3) is 0 Å². The van der Waals surface area contributed by atoms with Crippen LogP contribution in [0.4, 0.5) is 9.59 Å². The van der Waals surface area contributed by atoms with Gasteiger partial charge in [-0.2, -0.15) is 0 Å². The highest BCUT2D eigenvalue weighted by atomic mass is 16.6. The first kappa shape index (κ1) is 17.3. The molecule has 3 aliphatic heterocycles. The van der Waals surface area contributed by atoms with E-state index in [0.29, 0.717) is 0 Å². The molecule has 2 saturated heterocycles. The molecule has 0 unspecified atom stereocenters. The Labute approximate surface area is 153 Å². The van der Waals surface area contributed by atoms with Crippen LogP contribution in [0.2, 0.25) is 0 Å². The maximum Gasteiger partial charge on any atom is 0.408 e. The van der Waals surface area contributed by atoms with Crippen LogP contribution < -0.4 is 11.5 Å². The van der Waals surface area contributed by atoms with Crippen LogP contribution in [-0.2, 0) is 19.1 Å². The molecule has 27 heavy (non-hydrogen) atoms. The molecule has 2 amide bonds. The minimum atomic E-state index is -1.35. The fourth-order valence-corrected chi connectivity index (χ4v) is 4.74. The predicted molar refractivity (Wildman–Crippen MR) is 86.8 cm³/mol. The average Bonchev–Trinajstić information content (AvgIpc) is 3.13. The molecule has 4 aliphatic rings. The Balaban J connectivity index is 1.85. The van der Waals surface area contributed by atoms with E-state index in [0.717, 1.165) is 0 Å². The van der Waals surface area contributed by atoms with Gasteiger partial charge in [0, 0.05) is 24.8 Å². The summed E-state index contributed by atoms with van der Waals surface area (Å²) in [5.41, 5.74) is 9.68. The van der Waals surface area contributed by atoms with Gasteiger partial charge in [-0.25, -0.2) is 9.59 Å². The number of methoxy groups -OCH3 is 1. The summed E-state index contributed by atoms with van der Waals surface area (Å²) in [7, 11) is 1.36. The zero-order valence-corrected chi connectivity index (χ0v) is 14.6. The summed E-state index contributed by atoms with van der Waals surface area (Å²) in [6, 6.07) is -1.01. The highest BCUT2D eigenvalue weighted by molar-refractivity contribution is 6.25. The lowest BCUT2D eigenvalue weighted by Gasteiger charge is -2.40. The van der Waals surface area contributed by atoms with Gasteiger partial charge < -0.3 is 30.9 Å². The fourth-order valence-electron chi connectivity index (χ4n) is 4.74. The van der Waals surface area contributed by atoms with Gasteiger partial charge in [-0.05, 0) is 6.92 Å². The predicted octanol–water partition coefficient (Wildman–Crippen LogP) is -1.26. The van der Waals surface area contributed by atoms with Crippen molar-refractivity contribution >= 4 is 23.8 Å². The van der Waals surface area contributed by atoms with Crippen molar-refractivity contribution < 1.29 is 33.8 Å². The smallest absolute Gasteiger partial charge is 0.408 e. The number of carboxylic acid groups (broad SMARTS) is 1. The van der Waals surface area contributed by atoms with E-state index < -0.39 is 41.4 Å². The molecule has 0 saturated carbocycles. The van der Waals surface area contributed by atoms with E-state index in [4.69, 9.17) is 20.9 Å². The highest BCUT2D eigenvalue weighted by Crippen LogP contribution is 2.59. The topological polar surface area (TPSA) is 165 Å². The first-order chi connectivity index (χ1) is 12.7. The molecule has 11 heteroatoms. The minimum Gasteiger partial charge on any atom is -0.465 e. The maximum atomic E-state index is 12.9. The number of Topliss-reactive ketones (excluding diaryl/α,β-unsaturated/α-hetero) is 2. The molecule has 0 aromatic carbocycles. The largest absolute Gasteiger partial charge is 0.465 e. The molecule has 144 valence electrons. The first-order valence-corrected chi connectivity index (χ1v) is 8.24. The number of allylic oxidation sites excluding steroid dienone is 2. The number of primary amides is 1. The number of ketones is 2. The summed E-state index contributed by atoms with van der Waals surface area (Å²) in [4.78, 5) is 51.2. The number of hydrogen-bond donors (Lipinski definition) is 3. The van der Waals surface area contributed by atoms with Crippen LogP contribution >= 0.6 is 0 Å². The van der Waals surface area contributed by atoms with Crippen molar-refractivity contribution in [1.29, 1.82) is 0 Å². The Morgan fingerprint density at radius 1 is 1.33 bits per heavy atom. The number of nitrogens with zero attached hydrogens (tertiary/aromatic N) is 2. The Morgan fingerprint density at radius 2 is 2.00 bits per heavy atom. The van der Waals surface area contributed by atoms with E-state index in [-0.39, 0.29) is 41.7 Å². The Morgan fingerprint density at radius 3 is 2.56 bits per heavy atom. The van der Waals surface area contributed by atoms with E-state index in [2.05, 4.69) is 0 Å². The molecule has 0 aromatic rings. The molecule has 1 aliphatic carbocycles. The lowest BCUT2D eigenvalue weighted by Crippen LogP contribution is -2.56. The Hall–Kier alpha value is -3.08. The standard InChI is InChI=1S/C16H18N4O7/c1-5-9(17)12(22)8-6(4-27-14(18)23)16(26-2)13-7(20(13)15(24)25)3-19(16)10(8)11(5)21/h6-7,13H,3-4,17H2,1-2H3,(H2,18,23)(H,24,25)/t6-,7+,13+,16-,20?/m1/s1. The lowest BCUT2D eigenvalue weighted by atomic mass is 9.82. The number of carbonyl (C=O) groups excluding carboxylic acids is 3. The van der Waals surface area contributed by atoms with Gasteiger partial charge in [0.1, 0.15) is 12.6 Å². The third-order valence-electron chi connectivity index (χ3n) is 5.91. The monoisotopic (exact) mass is 378 g/mol. The summed E-state index contributed by atoms with van der Waals surface area (Å²) in [6.07, 6.45) is -2.19. The van der Waals surface area contributed by atoms with Crippen LogP contribution in [-0.4, -0.2) is 76.7 Å².